The van der Waals surface area contributed by atoms with Crippen molar-refractivity contribution in [2.75, 3.05) is 23.4 Å². The number of anilines is 3. The maximum atomic E-state index is 5.67. The van der Waals surface area contributed by atoms with Crippen molar-refractivity contribution in [1.82, 2.24) is 9.97 Å². The second-order valence-corrected chi connectivity index (χ2v) is 6.66. The topological polar surface area (TPSA) is 50.3 Å². The summed E-state index contributed by atoms with van der Waals surface area (Å²) in [5.74, 6) is 1.51. The van der Waals surface area contributed by atoms with E-state index < -0.39 is 0 Å². The second-order valence-electron chi connectivity index (χ2n) is 6.66. The van der Waals surface area contributed by atoms with Crippen molar-refractivity contribution < 1.29 is 4.74 Å². The van der Waals surface area contributed by atoms with Gasteiger partial charge in [-0.2, -0.15) is 4.98 Å². The Morgan fingerprint density at radius 3 is 2.52 bits per heavy atom. The molecule has 5 nitrogen and oxygen atoms in total. The van der Waals surface area contributed by atoms with Gasteiger partial charge in [-0.15, -0.1) is 0 Å². The summed E-state index contributed by atoms with van der Waals surface area (Å²) in [7, 11) is 0. The van der Waals surface area contributed by atoms with E-state index in [9.17, 15) is 0 Å². The summed E-state index contributed by atoms with van der Waals surface area (Å²) in [4.78, 5) is 11.3. The molecule has 27 heavy (non-hydrogen) atoms. The van der Waals surface area contributed by atoms with Gasteiger partial charge in [-0.1, -0.05) is 48.5 Å². The van der Waals surface area contributed by atoms with Gasteiger partial charge in [-0.05, 0) is 36.6 Å². The Morgan fingerprint density at radius 2 is 1.78 bits per heavy atom. The zero-order valence-electron chi connectivity index (χ0n) is 15.3. The lowest BCUT2D eigenvalue weighted by molar-refractivity contribution is 0.120. The van der Waals surface area contributed by atoms with Crippen LogP contribution in [0.15, 0.2) is 72.9 Å². The Labute approximate surface area is 160 Å². The van der Waals surface area contributed by atoms with Crippen LogP contribution >= 0.6 is 0 Å². The maximum Gasteiger partial charge on any atom is 0.224 e. The molecule has 1 atom stereocenters. The Hall–Kier alpha value is -2.92. The zero-order valence-corrected chi connectivity index (χ0v) is 15.3. The number of rotatable bonds is 7. The summed E-state index contributed by atoms with van der Waals surface area (Å²) in [6, 6.07) is 22.7. The van der Waals surface area contributed by atoms with E-state index in [1.165, 1.54) is 5.56 Å². The van der Waals surface area contributed by atoms with Crippen LogP contribution in [0.2, 0.25) is 0 Å². The highest BCUT2D eigenvalue weighted by Crippen LogP contribution is 2.26. The van der Waals surface area contributed by atoms with Gasteiger partial charge in [0.05, 0.1) is 6.10 Å². The summed E-state index contributed by atoms with van der Waals surface area (Å²) < 4.78 is 5.67. The van der Waals surface area contributed by atoms with Crippen LogP contribution in [0.1, 0.15) is 18.4 Å². The van der Waals surface area contributed by atoms with Crippen molar-refractivity contribution in [2.24, 2.45) is 0 Å². The average Bonchev–Trinajstić information content (AvgIpc) is 3.26. The van der Waals surface area contributed by atoms with E-state index in [1.54, 1.807) is 6.20 Å². The molecule has 5 heteroatoms. The van der Waals surface area contributed by atoms with Crippen LogP contribution in [0.5, 0.6) is 0 Å². The highest BCUT2D eigenvalue weighted by molar-refractivity contribution is 5.60. The molecule has 0 aliphatic carbocycles. The number of aromatic nitrogens is 2. The van der Waals surface area contributed by atoms with E-state index in [0.29, 0.717) is 5.95 Å². The van der Waals surface area contributed by atoms with E-state index in [1.807, 2.05) is 30.3 Å². The van der Waals surface area contributed by atoms with Crippen molar-refractivity contribution >= 4 is 17.5 Å². The number of benzene rings is 2. The molecule has 1 fully saturated rings. The smallest absolute Gasteiger partial charge is 0.224 e. The molecule has 1 aromatic heterocycles. The zero-order chi connectivity index (χ0) is 18.3. The molecule has 0 saturated carbocycles. The SMILES string of the molecule is c1ccc(CN(c2ccccc2)c2ccnc(NCC3CCCO3)n2)cc1. The highest BCUT2D eigenvalue weighted by Gasteiger charge is 2.16. The molecule has 1 unspecified atom stereocenters. The normalized spacial score (nSPS) is 16.2. The Kier molecular flexibility index (Phi) is 5.60. The second kappa shape index (κ2) is 8.64. The van der Waals surface area contributed by atoms with Crippen molar-refractivity contribution in [1.29, 1.82) is 0 Å². The van der Waals surface area contributed by atoms with E-state index in [-0.39, 0.29) is 6.10 Å². The molecule has 0 amide bonds. The molecule has 1 aliphatic heterocycles. The highest BCUT2D eigenvalue weighted by atomic mass is 16.5. The van der Waals surface area contributed by atoms with Gasteiger partial charge in [0, 0.05) is 31.6 Å². The first kappa shape index (κ1) is 17.5. The molecule has 138 valence electrons. The van der Waals surface area contributed by atoms with Crippen molar-refractivity contribution in [2.45, 2.75) is 25.5 Å². The molecular weight excluding hydrogens is 336 g/mol. The lowest BCUT2D eigenvalue weighted by Crippen LogP contribution is -2.21. The fourth-order valence-electron chi connectivity index (χ4n) is 3.27. The fourth-order valence-corrected chi connectivity index (χ4v) is 3.27. The summed E-state index contributed by atoms with van der Waals surface area (Å²) in [6.07, 6.45) is 4.29. The molecule has 4 rings (SSSR count). The third-order valence-corrected chi connectivity index (χ3v) is 4.68. The molecule has 1 saturated heterocycles. The summed E-state index contributed by atoms with van der Waals surface area (Å²) in [5.41, 5.74) is 2.33. The number of ether oxygens (including phenoxy) is 1. The van der Waals surface area contributed by atoms with E-state index in [2.05, 4.69) is 51.6 Å². The Balaban J connectivity index is 1.56. The molecule has 0 radical (unpaired) electrons. The molecule has 1 aliphatic rings. The van der Waals surface area contributed by atoms with Gasteiger partial charge in [-0.3, -0.25) is 0 Å². The first-order valence-corrected chi connectivity index (χ1v) is 9.43. The van der Waals surface area contributed by atoms with Crippen LogP contribution in [0.4, 0.5) is 17.5 Å². The average molecular weight is 360 g/mol. The molecular formula is C22H24N4O. The van der Waals surface area contributed by atoms with Gasteiger partial charge in [0.2, 0.25) is 5.95 Å². The summed E-state index contributed by atoms with van der Waals surface area (Å²) in [5, 5.41) is 3.32. The molecule has 1 N–H and O–H groups in total. The largest absolute Gasteiger partial charge is 0.376 e. The van der Waals surface area contributed by atoms with Crippen LogP contribution in [-0.4, -0.2) is 29.2 Å². The van der Waals surface area contributed by atoms with Crippen LogP contribution < -0.4 is 10.2 Å². The fraction of sp³-hybridized carbons (Fsp3) is 0.273. The van der Waals surface area contributed by atoms with Crippen LogP contribution in [0.3, 0.4) is 0 Å². The quantitative estimate of drug-likeness (QED) is 0.676. The molecule has 0 spiro atoms. The van der Waals surface area contributed by atoms with Gasteiger partial charge < -0.3 is 15.0 Å². The van der Waals surface area contributed by atoms with Crippen LogP contribution in [0, 0.1) is 0 Å². The predicted octanol–water partition coefficient (Wildman–Crippen LogP) is 4.41. The molecule has 2 heterocycles. The number of hydrogen-bond acceptors (Lipinski definition) is 5. The Morgan fingerprint density at radius 1 is 1.00 bits per heavy atom. The molecule has 3 aromatic rings. The summed E-state index contributed by atoms with van der Waals surface area (Å²) in [6.45, 7) is 2.34. The molecule has 2 aromatic carbocycles. The lowest BCUT2D eigenvalue weighted by atomic mass is 10.2. The van der Waals surface area contributed by atoms with Crippen LogP contribution in [-0.2, 0) is 11.3 Å². The minimum Gasteiger partial charge on any atom is -0.376 e. The standard InChI is InChI=1S/C22H24N4O/c1-3-8-18(9-4-1)17-26(19-10-5-2-6-11-19)21-13-14-23-22(25-21)24-16-20-12-7-15-27-20/h1-6,8-11,13-14,20H,7,12,15-17H2,(H,23,24,25). The predicted molar refractivity (Wildman–Crippen MR) is 108 cm³/mol. The van der Waals surface area contributed by atoms with E-state index in [4.69, 9.17) is 9.72 Å². The summed E-state index contributed by atoms with van der Waals surface area (Å²) >= 11 is 0. The number of hydrogen-bond donors (Lipinski definition) is 1. The minimum atomic E-state index is 0.256. The maximum absolute atomic E-state index is 5.67. The van der Waals surface area contributed by atoms with Crippen molar-refractivity contribution in [3.05, 3.63) is 78.5 Å². The van der Waals surface area contributed by atoms with Gasteiger partial charge in [0.15, 0.2) is 0 Å². The van der Waals surface area contributed by atoms with Gasteiger partial charge in [-0.25, -0.2) is 4.98 Å². The van der Waals surface area contributed by atoms with Gasteiger partial charge >= 0.3 is 0 Å². The van der Waals surface area contributed by atoms with E-state index >= 15 is 0 Å². The molecule has 0 bridgehead atoms. The number of nitrogens with zero attached hydrogens (tertiary/aromatic N) is 3. The van der Waals surface area contributed by atoms with Crippen molar-refractivity contribution in [3.63, 3.8) is 0 Å². The first-order valence-electron chi connectivity index (χ1n) is 9.43. The van der Waals surface area contributed by atoms with Gasteiger partial charge in [0.25, 0.3) is 0 Å². The van der Waals surface area contributed by atoms with Crippen molar-refractivity contribution in [3.8, 4) is 0 Å². The Bertz CT molecular complexity index is 835. The van der Waals surface area contributed by atoms with E-state index in [0.717, 1.165) is 44.0 Å². The van der Waals surface area contributed by atoms with Crippen LogP contribution in [0.25, 0.3) is 0 Å². The third kappa shape index (κ3) is 4.63. The van der Waals surface area contributed by atoms with Gasteiger partial charge in [0.1, 0.15) is 5.82 Å². The number of nitrogens with one attached hydrogen (secondary N) is 1. The third-order valence-electron chi connectivity index (χ3n) is 4.68. The number of para-hydroxylation sites is 1. The minimum absolute atomic E-state index is 0.256. The lowest BCUT2D eigenvalue weighted by Gasteiger charge is -2.24. The first-order chi connectivity index (χ1) is 13.4. The monoisotopic (exact) mass is 360 g/mol.